The van der Waals surface area contributed by atoms with Crippen LogP contribution in [-0.4, -0.2) is 55.0 Å². The summed E-state index contributed by atoms with van der Waals surface area (Å²) in [4.78, 5) is 13.1. The monoisotopic (exact) mass is 597 g/mol. The zero-order valence-electron chi connectivity index (χ0n) is 20.4. The van der Waals surface area contributed by atoms with E-state index in [-0.39, 0.29) is 42.3 Å². The van der Waals surface area contributed by atoms with Gasteiger partial charge in [0.05, 0.1) is 30.7 Å². The number of nitrogens with zero attached hydrogens (tertiary/aromatic N) is 1. The van der Waals surface area contributed by atoms with Crippen molar-refractivity contribution in [2.45, 2.75) is 59.7 Å². The van der Waals surface area contributed by atoms with Gasteiger partial charge >= 0.3 is 6.18 Å². The molecule has 1 aliphatic heterocycles. The molecule has 0 aromatic heterocycles. The predicted octanol–water partition coefficient (Wildman–Crippen LogP) is 4.14. The molecule has 0 bridgehead atoms. The van der Waals surface area contributed by atoms with Crippen LogP contribution < -0.4 is 4.90 Å². The van der Waals surface area contributed by atoms with Gasteiger partial charge < -0.3 is 4.90 Å². The van der Waals surface area contributed by atoms with E-state index in [2.05, 4.69) is 0 Å². The molecule has 2 aromatic rings. The Morgan fingerprint density at radius 1 is 0.868 bits per heavy atom. The molecule has 1 atom stereocenters. The third kappa shape index (κ3) is 6.07. The summed E-state index contributed by atoms with van der Waals surface area (Å²) < 4.78 is 113. The molecule has 1 fully saturated rings. The van der Waals surface area contributed by atoms with E-state index >= 15 is 0 Å². The molecule has 1 amide bonds. The maximum Gasteiger partial charge on any atom is 0.416 e. The second kappa shape index (κ2) is 10.3. The van der Waals surface area contributed by atoms with Gasteiger partial charge in [-0.05, 0) is 62.6 Å². The third-order valence-corrected chi connectivity index (χ3v) is 11.4. The van der Waals surface area contributed by atoms with Gasteiger partial charge in [-0.2, -0.15) is 13.2 Å². The lowest BCUT2D eigenvalue weighted by molar-refractivity contribution is -0.137. The highest BCUT2D eigenvalue weighted by Gasteiger charge is 2.46. The predicted molar refractivity (Wildman–Crippen MR) is 137 cm³/mol. The summed E-state index contributed by atoms with van der Waals surface area (Å²) in [6.07, 6.45) is -3.31. The minimum Gasteiger partial charge on any atom is -0.311 e. The standard InChI is InChI=1S/C23H26F3NO7S3.CH4/c1-22(2,37(33,34)18-7-5-6-17(14-18)35(3,29)30)15-10-11-27(21(28)13-15)19-9-8-16(23(24,25)26)12-20(19)36(4,31)32;/h5-9,12,14-15H,10-11,13H2,1-4H3;1H4/t15-;/m1./s1. The number of carbonyl (C=O) groups excluding carboxylic acids is 1. The van der Waals surface area contributed by atoms with Crippen molar-refractivity contribution in [3.05, 3.63) is 48.0 Å². The molecular formula is C24H30F3NO7S3. The summed E-state index contributed by atoms with van der Waals surface area (Å²) in [6, 6.07) is 7.00. The molecule has 0 unspecified atom stereocenters. The summed E-state index contributed by atoms with van der Waals surface area (Å²) in [5.74, 6) is -1.38. The Morgan fingerprint density at radius 2 is 1.45 bits per heavy atom. The minimum atomic E-state index is -4.79. The lowest BCUT2D eigenvalue weighted by atomic mass is 9.85. The maximum atomic E-state index is 13.5. The summed E-state index contributed by atoms with van der Waals surface area (Å²) in [5, 5.41) is 0. The maximum absolute atomic E-state index is 13.5. The normalized spacial score (nSPS) is 17.7. The van der Waals surface area contributed by atoms with Crippen LogP contribution >= 0.6 is 0 Å². The number of rotatable bonds is 6. The molecule has 212 valence electrons. The van der Waals surface area contributed by atoms with Crippen LogP contribution in [0.5, 0.6) is 0 Å². The SMILES string of the molecule is C.CC(C)([C@@H]1CCN(c2ccc(C(F)(F)F)cc2S(C)(=O)=O)C(=O)C1)S(=O)(=O)c1cccc(S(C)(=O)=O)c1. The summed E-state index contributed by atoms with van der Waals surface area (Å²) >= 11 is 0. The molecule has 0 N–H and O–H groups in total. The molecule has 0 saturated carbocycles. The van der Waals surface area contributed by atoms with Crippen LogP contribution in [0.2, 0.25) is 0 Å². The average molecular weight is 598 g/mol. The summed E-state index contributed by atoms with van der Waals surface area (Å²) in [7, 11) is -12.0. The minimum absolute atomic E-state index is 0. The molecule has 2 aromatic carbocycles. The average Bonchev–Trinajstić information content (AvgIpc) is 2.77. The van der Waals surface area contributed by atoms with Crippen LogP contribution in [0, 0.1) is 5.92 Å². The fraction of sp³-hybridized carbons (Fsp3) is 0.458. The van der Waals surface area contributed by atoms with E-state index in [4.69, 9.17) is 0 Å². The van der Waals surface area contributed by atoms with E-state index in [1.807, 2.05) is 0 Å². The highest BCUT2D eigenvalue weighted by molar-refractivity contribution is 7.93. The van der Waals surface area contributed by atoms with Crippen molar-refractivity contribution in [2.75, 3.05) is 24.0 Å². The van der Waals surface area contributed by atoms with Gasteiger partial charge in [-0.15, -0.1) is 0 Å². The van der Waals surface area contributed by atoms with Crippen LogP contribution in [-0.2, 0) is 40.5 Å². The van der Waals surface area contributed by atoms with Crippen molar-refractivity contribution < 1.29 is 43.2 Å². The van der Waals surface area contributed by atoms with E-state index in [9.17, 15) is 43.2 Å². The molecule has 1 aliphatic rings. The Balaban J connectivity index is 0.00000507. The van der Waals surface area contributed by atoms with Crippen LogP contribution in [0.25, 0.3) is 0 Å². The van der Waals surface area contributed by atoms with Crippen LogP contribution in [0.4, 0.5) is 18.9 Å². The molecule has 14 heteroatoms. The third-order valence-electron chi connectivity index (χ3n) is 6.62. The zero-order chi connectivity index (χ0) is 28.2. The topological polar surface area (TPSA) is 123 Å². The number of alkyl halides is 3. The number of carbonyl (C=O) groups is 1. The van der Waals surface area contributed by atoms with Crippen molar-refractivity contribution in [1.29, 1.82) is 0 Å². The Bertz CT molecular complexity index is 1560. The number of hydrogen-bond donors (Lipinski definition) is 0. The van der Waals surface area contributed by atoms with Gasteiger partial charge in [0.25, 0.3) is 0 Å². The van der Waals surface area contributed by atoms with Crippen molar-refractivity contribution in [3.63, 3.8) is 0 Å². The second-order valence-electron chi connectivity index (χ2n) is 9.54. The summed E-state index contributed by atoms with van der Waals surface area (Å²) in [5.41, 5.74) is -1.39. The van der Waals surface area contributed by atoms with Crippen molar-refractivity contribution >= 4 is 41.1 Å². The lowest BCUT2D eigenvalue weighted by Gasteiger charge is -2.40. The van der Waals surface area contributed by atoms with E-state index in [1.54, 1.807) is 0 Å². The number of sulfone groups is 3. The van der Waals surface area contributed by atoms with E-state index in [1.165, 1.54) is 32.0 Å². The molecule has 1 saturated heterocycles. The first-order valence-corrected chi connectivity index (χ1v) is 16.2. The van der Waals surface area contributed by atoms with Gasteiger partial charge in [0.2, 0.25) is 5.91 Å². The highest BCUT2D eigenvalue weighted by atomic mass is 32.2. The van der Waals surface area contributed by atoms with Gasteiger partial charge in [-0.3, -0.25) is 4.79 Å². The number of anilines is 1. The number of hydrogen-bond acceptors (Lipinski definition) is 7. The number of halogens is 3. The fourth-order valence-corrected chi connectivity index (χ4v) is 7.71. The first-order valence-electron chi connectivity index (χ1n) is 10.9. The van der Waals surface area contributed by atoms with Gasteiger partial charge in [0, 0.05) is 25.5 Å². The molecule has 3 rings (SSSR count). The molecule has 8 nitrogen and oxygen atoms in total. The Labute approximate surface area is 221 Å². The van der Waals surface area contributed by atoms with E-state index in [0.717, 1.165) is 29.5 Å². The van der Waals surface area contributed by atoms with Crippen LogP contribution in [0.3, 0.4) is 0 Å². The van der Waals surface area contributed by atoms with E-state index in [0.29, 0.717) is 12.1 Å². The Morgan fingerprint density at radius 3 is 1.95 bits per heavy atom. The van der Waals surface area contributed by atoms with Gasteiger partial charge in [-0.25, -0.2) is 25.3 Å². The zero-order valence-corrected chi connectivity index (χ0v) is 22.9. The quantitative estimate of drug-likeness (QED) is 0.490. The smallest absolute Gasteiger partial charge is 0.311 e. The van der Waals surface area contributed by atoms with Crippen molar-refractivity contribution in [1.82, 2.24) is 0 Å². The molecular weight excluding hydrogens is 567 g/mol. The van der Waals surface area contributed by atoms with Gasteiger partial charge in [0.15, 0.2) is 29.5 Å². The number of amides is 1. The van der Waals surface area contributed by atoms with E-state index < -0.39 is 62.7 Å². The number of piperidine rings is 1. The lowest BCUT2D eigenvalue weighted by Crippen LogP contribution is -2.49. The van der Waals surface area contributed by atoms with Crippen LogP contribution in [0.1, 0.15) is 39.7 Å². The van der Waals surface area contributed by atoms with Crippen molar-refractivity contribution in [2.24, 2.45) is 5.92 Å². The van der Waals surface area contributed by atoms with Crippen LogP contribution in [0.15, 0.2) is 57.2 Å². The molecule has 38 heavy (non-hydrogen) atoms. The first-order chi connectivity index (χ1) is 16.7. The second-order valence-corrected chi connectivity index (χ2v) is 16.1. The first kappa shape index (κ1) is 31.8. The number of benzene rings is 2. The Hall–Kier alpha value is -2.45. The van der Waals surface area contributed by atoms with Gasteiger partial charge in [-0.1, -0.05) is 13.5 Å². The summed E-state index contributed by atoms with van der Waals surface area (Å²) in [6.45, 7) is 2.71. The largest absolute Gasteiger partial charge is 0.416 e. The molecule has 1 heterocycles. The highest BCUT2D eigenvalue weighted by Crippen LogP contribution is 2.41. The molecule has 0 spiro atoms. The Kier molecular flexibility index (Phi) is 8.58. The molecule has 0 radical (unpaired) electrons. The fourth-order valence-electron chi connectivity index (χ4n) is 4.29. The van der Waals surface area contributed by atoms with Gasteiger partial charge in [0.1, 0.15) is 0 Å². The molecule has 0 aliphatic carbocycles. The van der Waals surface area contributed by atoms with Crippen molar-refractivity contribution in [3.8, 4) is 0 Å².